The molecule has 1 nitrogen and oxygen atoms in total. The summed E-state index contributed by atoms with van der Waals surface area (Å²) in [6.07, 6.45) is -4.41. The van der Waals surface area contributed by atoms with E-state index in [4.69, 9.17) is 5.73 Å². The van der Waals surface area contributed by atoms with Crippen LogP contribution in [0.25, 0.3) is 0 Å². The van der Waals surface area contributed by atoms with Gasteiger partial charge in [-0.3, -0.25) is 0 Å². The van der Waals surface area contributed by atoms with Crippen LogP contribution in [0.3, 0.4) is 0 Å². The summed E-state index contributed by atoms with van der Waals surface area (Å²) in [7, 11) is 0. The Morgan fingerprint density at radius 3 is 2.33 bits per heavy atom. The summed E-state index contributed by atoms with van der Waals surface area (Å²) < 4.78 is 52.3. The lowest BCUT2D eigenvalue weighted by atomic mass is 9.94. The summed E-state index contributed by atoms with van der Waals surface area (Å²) in [5.41, 5.74) is 6.32. The molecule has 2 aromatic rings. The van der Waals surface area contributed by atoms with E-state index in [9.17, 15) is 17.6 Å². The zero-order valence-electron chi connectivity index (χ0n) is 11.0. The first-order valence-corrected chi connectivity index (χ1v) is 6.88. The zero-order chi connectivity index (χ0) is 15.8. The van der Waals surface area contributed by atoms with Crippen LogP contribution in [0.15, 0.2) is 40.9 Å². The zero-order valence-corrected chi connectivity index (χ0v) is 12.6. The highest BCUT2D eigenvalue weighted by Crippen LogP contribution is 2.34. The number of alkyl halides is 3. The second kappa shape index (κ2) is 5.77. The van der Waals surface area contributed by atoms with Gasteiger partial charge in [0.1, 0.15) is 5.82 Å². The van der Waals surface area contributed by atoms with E-state index in [1.54, 1.807) is 6.07 Å². The Balaban J connectivity index is 2.47. The van der Waals surface area contributed by atoms with Gasteiger partial charge in [0.2, 0.25) is 0 Å². The predicted molar refractivity (Wildman–Crippen MR) is 76.3 cm³/mol. The predicted octanol–water partition coefficient (Wildman–Crippen LogP) is 4.96. The minimum absolute atomic E-state index is 0.223. The first-order chi connectivity index (χ1) is 9.71. The van der Waals surface area contributed by atoms with Crippen molar-refractivity contribution < 1.29 is 17.6 Å². The van der Waals surface area contributed by atoms with Gasteiger partial charge in [-0.2, -0.15) is 13.2 Å². The third-order valence-corrected chi connectivity index (χ3v) is 3.93. The molecule has 0 saturated heterocycles. The van der Waals surface area contributed by atoms with Crippen LogP contribution in [-0.2, 0) is 6.18 Å². The van der Waals surface area contributed by atoms with Crippen LogP contribution in [-0.4, -0.2) is 0 Å². The van der Waals surface area contributed by atoms with Crippen LogP contribution in [0, 0.1) is 12.7 Å². The Bertz CT molecular complexity index is 647. The summed E-state index contributed by atoms with van der Waals surface area (Å²) in [6, 6.07) is 6.84. The number of halogens is 5. The van der Waals surface area contributed by atoms with Gasteiger partial charge >= 0.3 is 6.18 Å². The van der Waals surface area contributed by atoms with Crippen LogP contribution >= 0.6 is 15.9 Å². The second-order valence-electron chi connectivity index (χ2n) is 4.68. The van der Waals surface area contributed by atoms with Gasteiger partial charge in [-0.25, -0.2) is 4.39 Å². The number of benzene rings is 2. The second-order valence-corrected chi connectivity index (χ2v) is 5.54. The van der Waals surface area contributed by atoms with E-state index in [-0.39, 0.29) is 5.56 Å². The van der Waals surface area contributed by atoms with Crippen LogP contribution in [0.5, 0.6) is 0 Å². The summed E-state index contributed by atoms with van der Waals surface area (Å²) in [5, 5.41) is 0. The van der Waals surface area contributed by atoms with Crippen molar-refractivity contribution in [2.24, 2.45) is 5.73 Å². The molecule has 0 radical (unpaired) electrons. The maximum Gasteiger partial charge on any atom is 0.416 e. The van der Waals surface area contributed by atoms with Crippen molar-refractivity contribution in [2.45, 2.75) is 19.1 Å². The van der Waals surface area contributed by atoms with E-state index in [0.29, 0.717) is 15.6 Å². The molecule has 0 fully saturated rings. The highest BCUT2D eigenvalue weighted by molar-refractivity contribution is 9.10. The molecule has 0 aliphatic rings. The molecule has 0 amide bonds. The fourth-order valence-electron chi connectivity index (χ4n) is 2.16. The average molecular weight is 362 g/mol. The lowest BCUT2D eigenvalue weighted by Crippen LogP contribution is -2.16. The molecule has 112 valence electrons. The molecule has 2 rings (SSSR count). The average Bonchev–Trinajstić information content (AvgIpc) is 2.37. The molecule has 2 N–H and O–H groups in total. The van der Waals surface area contributed by atoms with Crippen LogP contribution in [0.1, 0.15) is 28.3 Å². The van der Waals surface area contributed by atoms with E-state index in [0.717, 1.165) is 12.1 Å². The van der Waals surface area contributed by atoms with Crippen molar-refractivity contribution in [3.05, 3.63) is 68.9 Å². The largest absolute Gasteiger partial charge is 0.416 e. The van der Waals surface area contributed by atoms with Gasteiger partial charge < -0.3 is 5.73 Å². The molecular formula is C15H12BrF4N. The van der Waals surface area contributed by atoms with Crippen molar-refractivity contribution >= 4 is 15.9 Å². The van der Waals surface area contributed by atoms with Gasteiger partial charge in [0.05, 0.1) is 11.6 Å². The van der Waals surface area contributed by atoms with Crippen molar-refractivity contribution in [2.75, 3.05) is 0 Å². The molecule has 0 aromatic heterocycles. The lowest BCUT2D eigenvalue weighted by Gasteiger charge is -2.18. The van der Waals surface area contributed by atoms with Gasteiger partial charge in [0.15, 0.2) is 0 Å². The van der Waals surface area contributed by atoms with E-state index in [1.807, 2.05) is 0 Å². The molecule has 0 aliphatic heterocycles. The van der Waals surface area contributed by atoms with Crippen LogP contribution < -0.4 is 5.73 Å². The molecule has 6 heteroatoms. The van der Waals surface area contributed by atoms with Gasteiger partial charge in [0, 0.05) is 10.0 Å². The smallest absolute Gasteiger partial charge is 0.320 e. The molecule has 1 unspecified atom stereocenters. The van der Waals surface area contributed by atoms with Crippen molar-refractivity contribution in [3.8, 4) is 0 Å². The fourth-order valence-corrected chi connectivity index (χ4v) is 2.75. The fraction of sp³-hybridized carbons (Fsp3) is 0.200. The third-order valence-electron chi connectivity index (χ3n) is 3.24. The van der Waals surface area contributed by atoms with Crippen molar-refractivity contribution in [3.63, 3.8) is 0 Å². The van der Waals surface area contributed by atoms with Crippen molar-refractivity contribution in [1.29, 1.82) is 0 Å². The van der Waals surface area contributed by atoms with E-state index < -0.39 is 23.6 Å². The number of hydrogen-bond acceptors (Lipinski definition) is 1. The monoisotopic (exact) mass is 361 g/mol. The summed E-state index contributed by atoms with van der Waals surface area (Å²) in [4.78, 5) is 0. The molecule has 0 heterocycles. The standard InChI is InChI=1S/C15H12BrF4N/c1-8-7-9(15(18,19)20)5-6-10(8)14(21)13-11(16)3-2-4-12(13)17/h2-7,14H,21H2,1H3. The topological polar surface area (TPSA) is 26.0 Å². The van der Waals surface area contributed by atoms with Crippen molar-refractivity contribution in [1.82, 2.24) is 0 Å². The highest BCUT2D eigenvalue weighted by atomic mass is 79.9. The number of nitrogens with two attached hydrogens (primary N) is 1. The molecule has 21 heavy (non-hydrogen) atoms. The number of aryl methyl sites for hydroxylation is 1. The maximum absolute atomic E-state index is 13.9. The number of hydrogen-bond donors (Lipinski definition) is 1. The molecule has 0 saturated carbocycles. The highest BCUT2D eigenvalue weighted by Gasteiger charge is 2.31. The van der Waals surface area contributed by atoms with E-state index >= 15 is 0 Å². The Morgan fingerprint density at radius 2 is 1.81 bits per heavy atom. The first kappa shape index (κ1) is 16.0. The van der Waals surface area contributed by atoms with Crippen LogP contribution in [0.2, 0.25) is 0 Å². The minimum atomic E-state index is -4.41. The SMILES string of the molecule is Cc1cc(C(F)(F)F)ccc1C(N)c1c(F)cccc1Br. The lowest BCUT2D eigenvalue weighted by molar-refractivity contribution is -0.137. The quantitative estimate of drug-likeness (QED) is 0.751. The molecular weight excluding hydrogens is 350 g/mol. The summed E-state index contributed by atoms with van der Waals surface area (Å²) >= 11 is 3.22. The van der Waals surface area contributed by atoms with Crippen LogP contribution in [0.4, 0.5) is 17.6 Å². The van der Waals surface area contributed by atoms with Gasteiger partial charge in [-0.15, -0.1) is 0 Å². The third kappa shape index (κ3) is 3.27. The minimum Gasteiger partial charge on any atom is -0.320 e. The van der Waals surface area contributed by atoms with E-state index in [2.05, 4.69) is 15.9 Å². The van der Waals surface area contributed by atoms with Gasteiger partial charge in [-0.05, 0) is 42.3 Å². The first-order valence-electron chi connectivity index (χ1n) is 6.09. The molecule has 0 aliphatic carbocycles. The molecule has 0 bridgehead atoms. The Kier molecular flexibility index (Phi) is 4.39. The normalized spacial score (nSPS) is 13.3. The van der Waals surface area contributed by atoms with E-state index in [1.165, 1.54) is 25.1 Å². The molecule has 2 aromatic carbocycles. The molecule has 0 spiro atoms. The number of rotatable bonds is 2. The van der Waals surface area contributed by atoms with Gasteiger partial charge in [-0.1, -0.05) is 28.1 Å². The maximum atomic E-state index is 13.9. The molecule has 1 atom stereocenters. The summed E-state index contributed by atoms with van der Waals surface area (Å²) in [5.74, 6) is -0.504. The Hall–Kier alpha value is -1.40. The Morgan fingerprint density at radius 1 is 1.14 bits per heavy atom. The Labute approximate surface area is 127 Å². The van der Waals surface area contributed by atoms with Gasteiger partial charge in [0.25, 0.3) is 0 Å². The summed E-state index contributed by atoms with van der Waals surface area (Å²) in [6.45, 7) is 1.53.